The van der Waals surface area contributed by atoms with Crippen LogP contribution in [0.5, 0.6) is 0 Å². The maximum atomic E-state index is 5.70. The van der Waals surface area contributed by atoms with Crippen LogP contribution in [-0.4, -0.2) is 15.8 Å². The number of nitrogens with zero attached hydrogens (tertiary/aromatic N) is 2. The molecule has 1 aromatic rings. The monoisotopic (exact) mass is 300 g/mol. The van der Waals surface area contributed by atoms with Gasteiger partial charge in [0.2, 0.25) is 0 Å². The zero-order valence-corrected chi connectivity index (χ0v) is 12.3. The third-order valence-corrected chi connectivity index (χ3v) is 4.92. The number of nitrogens with one attached hydrogen (secondary N) is 1. The number of nitrogens with two attached hydrogens (primary N) is 1. The molecule has 0 amide bonds. The summed E-state index contributed by atoms with van der Waals surface area (Å²) < 4.78 is 3.06. The van der Waals surface area contributed by atoms with Gasteiger partial charge in [0, 0.05) is 19.5 Å². The Kier molecular flexibility index (Phi) is 3.90. The first kappa shape index (κ1) is 13.1. The molecule has 1 fully saturated rings. The van der Waals surface area contributed by atoms with Gasteiger partial charge in [-0.1, -0.05) is 6.92 Å². The lowest BCUT2D eigenvalue weighted by Crippen LogP contribution is -2.42. The van der Waals surface area contributed by atoms with E-state index in [1.165, 1.54) is 18.5 Å². The predicted molar refractivity (Wildman–Crippen MR) is 72.3 cm³/mol. The van der Waals surface area contributed by atoms with Gasteiger partial charge in [-0.05, 0) is 47.5 Å². The van der Waals surface area contributed by atoms with Crippen molar-refractivity contribution in [2.24, 2.45) is 24.7 Å². The summed E-state index contributed by atoms with van der Waals surface area (Å²) >= 11 is 3.61. The predicted octanol–water partition coefficient (Wildman–Crippen LogP) is 1.91. The lowest BCUT2D eigenvalue weighted by Gasteiger charge is -2.23. The van der Waals surface area contributed by atoms with Crippen molar-refractivity contribution in [2.75, 3.05) is 0 Å². The van der Waals surface area contributed by atoms with Crippen LogP contribution >= 0.6 is 15.9 Å². The molecule has 1 aliphatic rings. The van der Waals surface area contributed by atoms with E-state index in [1.54, 1.807) is 0 Å². The smallest absolute Gasteiger partial charge is 0.0738 e. The van der Waals surface area contributed by atoms with Crippen LogP contribution in [0.15, 0.2) is 4.47 Å². The lowest BCUT2D eigenvalue weighted by molar-refractivity contribution is 0.338. The van der Waals surface area contributed by atoms with Crippen LogP contribution < -0.4 is 11.3 Å². The highest BCUT2D eigenvalue weighted by molar-refractivity contribution is 9.10. The van der Waals surface area contributed by atoms with E-state index < -0.39 is 0 Å². The van der Waals surface area contributed by atoms with Crippen LogP contribution in [0.2, 0.25) is 0 Å². The van der Waals surface area contributed by atoms with Gasteiger partial charge >= 0.3 is 0 Å². The van der Waals surface area contributed by atoms with Gasteiger partial charge in [-0.3, -0.25) is 16.0 Å². The molecule has 3 N–H and O–H groups in total. The number of hydrogen-bond donors (Lipinski definition) is 2. The summed E-state index contributed by atoms with van der Waals surface area (Å²) in [5.41, 5.74) is 5.23. The van der Waals surface area contributed by atoms with E-state index in [-0.39, 0.29) is 0 Å². The van der Waals surface area contributed by atoms with Crippen LogP contribution in [0.1, 0.15) is 31.2 Å². The van der Waals surface area contributed by atoms with Gasteiger partial charge in [-0.25, -0.2) is 0 Å². The summed E-state index contributed by atoms with van der Waals surface area (Å²) in [6.45, 7) is 4.31. The summed E-state index contributed by atoms with van der Waals surface area (Å²) in [6.07, 6.45) is 3.63. The molecule has 0 radical (unpaired) electrons. The van der Waals surface area contributed by atoms with Gasteiger partial charge in [-0.2, -0.15) is 5.10 Å². The molecule has 0 spiro atoms. The van der Waals surface area contributed by atoms with Gasteiger partial charge in [-0.15, -0.1) is 0 Å². The topological polar surface area (TPSA) is 55.9 Å². The lowest BCUT2D eigenvalue weighted by atomic mass is 9.93. The average Bonchev–Trinajstić information content (AvgIpc) is 3.09. The van der Waals surface area contributed by atoms with Gasteiger partial charge in [0.15, 0.2) is 0 Å². The van der Waals surface area contributed by atoms with E-state index >= 15 is 0 Å². The zero-order valence-electron chi connectivity index (χ0n) is 10.7. The second-order valence-corrected chi connectivity index (χ2v) is 5.94. The number of halogens is 1. The fourth-order valence-corrected chi connectivity index (χ4v) is 2.96. The van der Waals surface area contributed by atoms with Crippen molar-refractivity contribution in [3.8, 4) is 0 Å². The molecule has 0 bridgehead atoms. The standard InChI is InChI=1S/C12H21BrN4/c1-7(9-4-5-9)10(15-14)6-11-12(13)8(2)16-17(11)3/h7,9-10,15H,4-6,14H2,1-3H3. The second-order valence-electron chi connectivity index (χ2n) is 5.14. The molecule has 0 aromatic carbocycles. The van der Waals surface area contributed by atoms with Crippen LogP contribution in [0, 0.1) is 18.8 Å². The molecule has 1 saturated carbocycles. The molecule has 2 unspecified atom stereocenters. The maximum absolute atomic E-state index is 5.70. The molecule has 17 heavy (non-hydrogen) atoms. The molecule has 5 heteroatoms. The summed E-state index contributed by atoms with van der Waals surface area (Å²) in [6, 6.07) is 0.327. The largest absolute Gasteiger partial charge is 0.271 e. The third-order valence-electron chi connectivity index (χ3n) is 3.89. The Bertz CT molecular complexity index is 397. The molecular weight excluding hydrogens is 280 g/mol. The van der Waals surface area contributed by atoms with Crippen molar-refractivity contribution < 1.29 is 0 Å². The quantitative estimate of drug-likeness (QED) is 0.645. The van der Waals surface area contributed by atoms with Crippen molar-refractivity contribution in [2.45, 2.75) is 39.2 Å². The molecule has 2 rings (SSSR count). The Hall–Kier alpha value is -0.390. The number of rotatable bonds is 5. The van der Waals surface area contributed by atoms with E-state index in [0.29, 0.717) is 12.0 Å². The Morgan fingerprint density at radius 2 is 2.24 bits per heavy atom. The van der Waals surface area contributed by atoms with E-state index in [1.807, 2.05) is 18.7 Å². The van der Waals surface area contributed by atoms with Crippen molar-refractivity contribution in [3.63, 3.8) is 0 Å². The summed E-state index contributed by atoms with van der Waals surface area (Å²) in [5.74, 6) is 7.18. The van der Waals surface area contributed by atoms with Crippen molar-refractivity contribution in [3.05, 3.63) is 15.9 Å². The van der Waals surface area contributed by atoms with E-state index in [0.717, 1.165) is 22.5 Å². The molecule has 0 saturated heterocycles. The van der Waals surface area contributed by atoms with Gasteiger partial charge in [0.05, 0.1) is 15.9 Å². The van der Waals surface area contributed by atoms with E-state index in [9.17, 15) is 0 Å². The van der Waals surface area contributed by atoms with Gasteiger partial charge in [0.25, 0.3) is 0 Å². The Balaban J connectivity index is 2.11. The molecule has 1 aliphatic carbocycles. The van der Waals surface area contributed by atoms with Crippen molar-refractivity contribution >= 4 is 15.9 Å². The average molecular weight is 301 g/mol. The first-order valence-corrected chi connectivity index (χ1v) is 6.98. The molecule has 1 heterocycles. The fraction of sp³-hybridized carbons (Fsp3) is 0.750. The third kappa shape index (κ3) is 2.72. The summed E-state index contributed by atoms with van der Waals surface area (Å²) in [5, 5.41) is 4.42. The molecule has 1 aromatic heterocycles. The summed E-state index contributed by atoms with van der Waals surface area (Å²) in [7, 11) is 1.99. The Morgan fingerprint density at radius 3 is 2.65 bits per heavy atom. The highest BCUT2D eigenvalue weighted by Crippen LogP contribution is 2.39. The second kappa shape index (κ2) is 5.08. The van der Waals surface area contributed by atoms with E-state index in [4.69, 9.17) is 5.84 Å². The molecule has 2 atom stereocenters. The molecule has 96 valence electrons. The first-order valence-electron chi connectivity index (χ1n) is 6.18. The first-order chi connectivity index (χ1) is 8.04. The number of aryl methyl sites for hydroxylation is 2. The van der Waals surface area contributed by atoms with Gasteiger partial charge in [0.1, 0.15) is 0 Å². The number of hydrogen-bond acceptors (Lipinski definition) is 3. The van der Waals surface area contributed by atoms with Crippen LogP contribution in [-0.2, 0) is 13.5 Å². The Morgan fingerprint density at radius 1 is 1.59 bits per heavy atom. The number of aromatic nitrogens is 2. The Labute approximate surface area is 111 Å². The van der Waals surface area contributed by atoms with Crippen molar-refractivity contribution in [1.82, 2.24) is 15.2 Å². The minimum atomic E-state index is 0.327. The fourth-order valence-electron chi connectivity index (χ4n) is 2.46. The van der Waals surface area contributed by atoms with Crippen LogP contribution in [0.3, 0.4) is 0 Å². The van der Waals surface area contributed by atoms with Gasteiger partial charge < -0.3 is 0 Å². The summed E-state index contributed by atoms with van der Waals surface area (Å²) in [4.78, 5) is 0. The highest BCUT2D eigenvalue weighted by atomic mass is 79.9. The van der Waals surface area contributed by atoms with E-state index in [2.05, 4.69) is 33.4 Å². The molecule has 4 nitrogen and oxygen atoms in total. The minimum absolute atomic E-state index is 0.327. The number of hydrazine groups is 1. The SMILES string of the molecule is Cc1nn(C)c(CC(NN)C(C)C2CC2)c1Br. The minimum Gasteiger partial charge on any atom is -0.271 e. The van der Waals surface area contributed by atoms with Crippen LogP contribution in [0.4, 0.5) is 0 Å². The van der Waals surface area contributed by atoms with Crippen LogP contribution in [0.25, 0.3) is 0 Å². The normalized spacial score (nSPS) is 19.4. The maximum Gasteiger partial charge on any atom is 0.0738 e. The van der Waals surface area contributed by atoms with Crippen molar-refractivity contribution in [1.29, 1.82) is 0 Å². The molecular formula is C12H21BrN4. The zero-order chi connectivity index (χ0) is 12.6. The highest BCUT2D eigenvalue weighted by Gasteiger charge is 2.33. The molecule has 0 aliphatic heterocycles.